The summed E-state index contributed by atoms with van der Waals surface area (Å²) in [5, 5.41) is 36.4. The van der Waals surface area contributed by atoms with Crippen molar-refractivity contribution in [2.75, 3.05) is 18.5 Å². The SMILES string of the molecule is CCCc1c(OCC(O)COc2cc(NC(=O)c3nn[nH]n3)c(C)cc2Br)ccc(C(C)=O)c1O. The second kappa shape index (κ2) is 11.8. The first-order chi connectivity index (χ1) is 16.7. The molecular formula is C23H26BrN5O6. The number of benzene rings is 2. The molecule has 0 aliphatic heterocycles. The average Bonchev–Trinajstić information content (AvgIpc) is 3.35. The smallest absolute Gasteiger partial charge is 0.297 e. The third kappa shape index (κ3) is 6.55. The lowest BCUT2D eigenvalue weighted by atomic mass is 10.0. The van der Waals surface area contributed by atoms with E-state index in [1.165, 1.54) is 13.0 Å². The van der Waals surface area contributed by atoms with E-state index in [0.29, 0.717) is 33.6 Å². The number of rotatable bonds is 11. The molecule has 1 amide bonds. The summed E-state index contributed by atoms with van der Waals surface area (Å²) in [4.78, 5) is 23.9. The zero-order valence-corrected chi connectivity index (χ0v) is 21.0. The van der Waals surface area contributed by atoms with Crippen molar-refractivity contribution in [3.63, 3.8) is 0 Å². The van der Waals surface area contributed by atoms with Crippen molar-refractivity contribution in [2.24, 2.45) is 0 Å². The van der Waals surface area contributed by atoms with E-state index in [0.717, 1.165) is 12.0 Å². The van der Waals surface area contributed by atoms with E-state index in [1.807, 2.05) is 13.8 Å². The summed E-state index contributed by atoms with van der Waals surface area (Å²) in [6.07, 6.45) is 0.262. The Kier molecular flexibility index (Phi) is 8.77. The summed E-state index contributed by atoms with van der Waals surface area (Å²) in [5.41, 5.74) is 2.00. The van der Waals surface area contributed by atoms with Crippen LogP contribution in [0.5, 0.6) is 17.2 Å². The van der Waals surface area contributed by atoms with E-state index >= 15 is 0 Å². The zero-order valence-electron chi connectivity index (χ0n) is 19.5. The Bertz CT molecular complexity index is 1200. The van der Waals surface area contributed by atoms with Crippen molar-refractivity contribution in [1.82, 2.24) is 20.6 Å². The molecule has 0 aliphatic carbocycles. The van der Waals surface area contributed by atoms with E-state index in [9.17, 15) is 19.8 Å². The van der Waals surface area contributed by atoms with Gasteiger partial charge in [-0.25, -0.2) is 0 Å². The second-order valence-corrected chi connectivity index (χ2v) is 8.66. The lowest BCUT2D eigenvalue weighted by molar-refractivity contribution is 0.0619. The van der Waals surface area contributed by atoms with Crippen LogP contribution in [0.4, 0.5) is 5.69 Å². The van der Waals surface area contributed by atoms with E-state index in [2.05, 4.69) is 41.9 Å². The molecule has 3 rings (SSSR count). The van der Waals surface area contributed by atoms with Gasteiger partial charge in [-0.2, -0.15) is 5.21 Å². The topological polar surface area (TPSA) is 160 Å². The van der Waals surface area contributed by atoms with Crippen LogP contribution in [0.15, 0.2) is 28.7 Å². The molecule has 1 unspecified atom stereocenters. The standard InChI is InChI=1S/C23H26BrN5O6/c1-4-5-16-19(7-6-15(13(3)30)21(16)32)34-10-14(31)11-35-20-9-18(12(2)8-17(20)24)25-23(33)22-26-28-29-27-22/h6-9,14,31-32H,4-5,10-11H2,1-3H3,(H,25,33)(H,26,27,28,29). The van der Waals surface area contributed by atoms with Gasteiger partial charge in [0.05, 0.1) is 10.0 Å². The first kappa shape index (κ1) is 26.1. The number of aryl methyl sites for hydroxylation is 1. The molecule has 0 radical (unpaired) electrons. The highest BCUT2D eigenvalue weighted by molar-refractivity contribution is 9.10. The Hall–Kier alpha value is -3.51. The van der Waals surface area contributed by atoms with Crippen LogP contribution in [0.2, 0.25) is 0 Å². The molecule has 0 saturated carbocycles. The molecule has 0 saturated heterocycles. The number of amides is 1. The maximum absolute atomic E-state index is 12.2. The van der Waals surface area contributed by atoms with Crippen molar-refractivity contribution in [2.45, 2.75) is 39.7 Å². The van der Waals surface area contributed by atoms with Gasteiger partial charge in [0.15, 0.2) is 5.78 Å². The average molecular weight is 548 g/mol. The van der Waals surface area contributed by atoms with Gasteiger partial charge < -0.3 is 25.0 Å². The Labute approximate surface area is 210 Å². The van der Waals surface area contributed by atoms with Gasteiger partial charge in [-0.1, -0.05) is 13.3 Å². The van der Waals surface area contributed by atoms with Gasteiger partial charge in [0.25, 0.3) is 11.7 Å². The maximum atomic E-state index is 12.2. The number of ketones is 1. The number of aromatic nitrogens is 4. The number of H-pyrrole nitrogens is 1. The summed E-state index contributed by atoms with van der Waals surface area (Å²) in [7, 11) is 0. The van der Waals surface area contributed by atoms with Gasteiger partial charge >= 0.3 is 0 Å². The molecule has 1 aromatic heterocycles. The fourth-order valence-corrected chi connectivity index (χ4v) is 3.86. The van der Waals surface area contributed by atoms with Crippen LogP contribution in [-0.2, 0) is 6.42 Å². The minimum atomic E-state index is -0.996. The van der Waals surface area contributed by atoms with Gasteiger partial charge in [-0.05, 0) is 65.2 Å². The first-order valence-electron chi connectivity index (χ1n) is 10.9. The molecule has 1 atom stereocenters. The highest BCUT2D eigenvalue weighted by atomic mass is 79.9. The fraction of sp³-hybridized carbons (Fsp3) is 0.348. The van der Waals surface area contributed by atoms with Crippen LogP contribution in [0.1, 0.15) is 52.4 Å². The molecule has 2 aromatic carbocycles. The van der Waals surface area contributed by atoms with E-state index in [-0.39, 0.29) is 36.1 Å². The Morgan fingerprint density at radius 3 is 2.54 bits per heavy atom. The molecule has 3 aromatic rings. The number of carbonyl (C=O) groups is 2. The van der Waals surface area contributed by atoms with Crippen molar-refractivity contribution < 1.29 is 29.3 Å². The van der Waals surface area contributed by atoms with Gasteiger partial charge in [0.1, 0.15) is 36.6 Å². The number of carbonyl (C=O) groups excluding carboxylic acids is 2. The molecule has 0 bridgehead atoms. The molecule has 12 heteroatoms. The van der Waals surface area contributed by atoms with Crippen molar-refractivity contribution in [3.8, 4) is 17.2 Å². The lowest BCUT2D eigenvalue weighted by Gasteiger charge is -2.18. The minimum absolute atomic E-state index is 0.0958. The Morgan fingerprint density at radius 1 is 1.20 bits per heavy atom. The number of nitrogens with zero attached hydrogens (tertiary/aromatic N) is 3. The lowest BCUT2D eigenvalue weighted by Crippen LogP contribution is -2.25. The number of aliphatic hydroxyl groups is 1. The molecule has 4 N–H and O–H groups in total. The predicted molar refractivity (Wildman–Crippen MR) is 130 cm³/mol. The number of hydrogen-bond acceptors (Lipinski definition) is 9. The number of ether oxygens (including phenoxy) is 2. The third-order valence-corrected chi connectivity index (χ3v) is 5.68. The van der Waals surface area contributed by atoms with E-state index in [1.54, 1.807) is 18.2 Å². The summed E-state index contributed by atoms with van der Waals surface area (Å²) in [6.45, 7) is 4.95. The van der Waals surface area contributed by atoms with Crippen LogP contribution in [0, 0.1) is 6.92 Å². The quantitative estimate of drug-likeness (QED) is 0.264. The van der Waals surface area contributed by atoms with E-state index in [4.69, 9.17) is 9.47 Å². The molecule has 1 heterocycles. The number of hydrogen-bond donors (Lipinski definition) is 4. The summed E-state index contributed by atoms with van der Waals surface area (Å²) < 4.78 is 12.1. The number of aromatic hydroxyl groups is 1. The molecule has 11 nitrogen and oxygen atoms in total. The predicted octanol–water partition coefficient (Wildman–Crippen LogP) is 3.20. The monoisotopic (exact) mass is 547 g/mol. The molecule has 35 heavy (non-hydrogen) atoms. The van der Waals surface area contributed by atoms with Crippen molar-refractivity contribution in [3.05, 3.63) is 51.3 Å². The molecular weight excluding hydrogens is 522 g/mol. The van der Waals surface area contributed by atoms with Crippen LogP contribution < -0.4 is 14.8 Å². The number of anilines is 1. The van der Waals surface area contributed by atoms with E-state index < -0.39 is 12.0 Å². The number of Topliss-reactive ketones (excluding diaryl/α,β-unsaturated/α-hetero) is 1. The molecule has 0 fully saturated rings. The number of nitrogens with one attached hydrogen (secondary N) is 2. The minimum Gasteiger partial charge on any atom is -0.507 e. The zero-order chi connectivity index (χ0) is 25.5. The normalized spacial score (nSPS) is 11.7. The van der Waals surface area contributed by atoms with Crippen LogP contribution in [-0.4, -0.2) is 61.8 Å². The molecule has 0 aliphatic rings. The van der Waals surface area contributed by atoms with Gasteiger partial charge in [0.2, 0.25) is 0 Å². The van der Waals surface area contributed by atoms with Gasteiger partial charge in [0, 0.05) is 17.3 Å². The van der Waals surface area contributed by atoms with Crippen LogP contribution in [0.3, 0.4) is 0 Å². The van der Waals surface area contributed by atoms with Crippen molar-refractivity contribution in [1.29, 1.82) is 0 Å². The molecule has 0 spiro atoms. The van der Waals surface area contributed by atoms with Crippen molar-refractivity contribution >= 4 is 33.3 Å². The highest BCUT2D eigenvalue weighted by Crippen LogP contribution is 2.34. The summed E-state index contributed by atoms with van der Waals surface area (Å²) in [5.74, 6) is -0.180. The number of phenols is 1. The second-order valence-electron chi connectivity index (χ2n) is 7.81. The molecule has 186 valence electrons. The van der Waals surface area contributed by atoms with Gasteiger partial charge in [-0.15, -0.1) is 10.2 Å². The number of phenolic OH excluding ortho intramolecular Hbond substituents is 1. The van der Waals surface area contributed by atoms with Gasteiger partial charge in [-0.3, -0.25) is 9.59 Å². The maximum Gasteiger partial charge on any atom is 0.297 e. The largest absolute Gasteiger partial charge is 0.507 e. The number of aromatic amines is 1. The summed E-state index contributed by atoms with van der Waals surface area (Å²) in [6, 6.07) is 6.50. The number of tetrazole rings is 1. The summed E-state index contributed by atoms with van der Waals surface area (Å²) >= 11 is 3.42. The first-order valence-corrected chi connectivity index (χ1v) is 11.6. The Balaban J connectivity index is 1.64. The fourth-order valence-electron chi connectivity index (χ4n) is 3.28. The number of aliphatic hydroxyl groups excluding tert-OH is 1. The van der Waals surface area contributed by atoms with Crippen LogP contribution in [0.25, 0.3) is 0 Å². The van der Waals surface area contributed by atoms with Crippen LogP contribution >= 0.6 is 15.9 Å². The Morgan fingerprint density at radius 2 is 1.91 bits per heavy atom. The third-order valence-electron chi connectivity index (χ3n) is 5.06. The highest BCUT2D eigenvalue weighted by Gasteiger charge is 2.18. The number of halogens is 1.